The number of rotatable bonds is 12. The third-order valence-electron chi connectivity index (χ3n) is 12.4. The minimum atomic E-state index is -4.00. The number of nitrogens with zero attached hydrogens (tertiary/aromatic N) is 4. The van der Waals surface area contributed by atoms with Gasteiger partial charge in [0.05, 0.1) is 22.9 Å². The molecule has 6 aromatic rings. The highest BCUT2D eigenvalue weighted by Crippen LogP contribution is 2.33. The van der Waals surface area contributed by atoms with Crippen LogP contribution in [0.2, 0.25) is 0 Å². The van der Waals surface area contributed by atoms with Gasteiger partial charge in [0.1, 0.15) is 22.0 Å². The Labute approximate surface area is 405 Å². The van der Waals surface area contributed by atoms with E-state index in [0.29, 0.717) is 18.7 Å². The number of benzene rings is 5. The normalized spacial score (nSPS) is 19.2. The van der Waals surface area contributed by atoms with Crippen LogP contribution in [-0.2, 0) is 52.6 Å². The first-order chi connectivity index (χ1) is 33.1. The molecule has 5 aromatic carbocycles. The number of piperazine rings is 2. The molecule has 0 radical (unpaired) electrons. The molecular formula is C48H51N7O10S4. The van der Waals surface area contributed by atoms with E-state index >= 15 is 0 Å². The first-order valence-electron chi connectivity index (χ1n) is 22.0. The van der Waals surface area contributed by atoms with Gasteiger partial charge in [-0.15, -0.1) is 11.3 Å². The van der Waals surface area contributed by atoms with Gasteiger partial charge in [-0.25, -0.2) is 30.0 Å². The Hall–Kier alpha value is -6.20. The standard InChI is InChI=1S/C25H27N3O6S3.C23H24N4O4S/c1-34-19-9-11-20(12-10-19)36(30,31)27-14-15-28(37(32,33)24-7-4-16-35-24)23(17-27)25(29)26-22-13-8-18-5-2-3-6-21(18)22;24-22(28)21-16-26(13-14-27(21)32(30,31)19-10-2-1-3-11-19)23(29)25-15-18-9-6-8-17-7-4-5-12-20(17)18/h2-7,9-12,16,22-23H,8,13-15,17H2,1H3,(H,26,29);1-12,21H,13-16H2,(H2,24,28)(H,25,29). The maximum atomic E-state index is 13.6. The smallest absolute Gasteiger partial charge is 0.317 e. The summed E-state index contributed by atoms with van der Waals surface area (Å²) in [6, 6.07) is 35.6. The lowest BCUT2D eigenvalue weighted by molar-refractivity contribution is -0.126. The van der Waals surface area contributed by atoms with Crippen molar-refractivity contribution in [1.29, 1.82) is 0 Å². The molecule has 3 unspecified atom stereocenters. The molecular weight excluding hydrogens is 963 g/mol. The average molecular weight is 1010 g/mol. The number of carbonyl (C=O) groups excluding carboxylic acids is 3. The van der Waals surface area contributed by atoms with E-state index in [1.54, 1.807) is 41.8 Å². The summed E-state index contributed by atoms with van der Waals surface area (Å²) in [5.41, 5.74) is 8.63. The van der Waals surface area contributed by atoms with Crippen LogP contribution in [0.15, 0.2) is 153 Å². The van der Waals surface area contributed by atoms with Crippen molar-refractivity contribution in [1.82, 2.24) is 28.4 Å². The molecule has 3 aliphatic rings. The molecule has 0 bridgehead atoms. The topological polar surface area (TPSA) is 226 Å². The fourth-order valence-corrected chi connectivity index (χ4v) is 14.5. The van der Waals surface area contributed by atoms with E-state index in [4.69, 9.17) is 10.5 Å². The first kappa shape index (κ1) is 49.2. The Balaban J connectivity index is 0.000000188. The van der Waals surface area contributed by atoms with Crippen molar-refractivity contribution in [2.45, 2.75) is 51.5 Å². The summed E-state index contributed by atoms with van der Waals surface area (Å²) in [7, 11) is -10.4. The predicted octanol–water partition coefficient (Wildman–Crippen LogP) is 4.53. The molecule has 3 heterocycles. The summed E-state index contributed by atoms with van der Waals surface area (Å²) >= 11 is 1.06. The predicted molar refractivity (Wildman–Crippen MR) is 260 cm³/mol. The summed E-state index contributed by atoms with van der Waals surface area (Å²) in [5, 5.41) is 9.65. The van der Waals surface area contributed by atoms with E-state index < -0.39 is 54.0 Å². The lowest BCUT2D eigenvalue weighted by atomic mass is 10.0. The zero-order chi connectivity index (χ0) is 48.9. The lowest BCUT2D eigenvalue weighted by Crippen LogP contribution is -2.61. The van der Waals surface area contributed by atoms with Crippen LogP contribution in [0.5, 0.6) is 5.75 Å². The molecule has 3 atom stereocenters. The van der Waals surface area contributed by atoms with Gasteiger partial charge in [0, 0.05) is 45.8 Å². The zero-order valence-electron chi connectivity index (χ0n) is 37.5. The van der Waals surface area contributed by atoms with Crippen LogP contribution in [0.25, 0.3) is 10.8 Å². The van der Waals surface area contributed by atoms with E-state index in [1.807, 2.05) is 66.7 Å². The van der Waals surface area contributed by atoms with E-state index in [9.17, 15) is 39.6 Å². The van der Waals surface area contributed by atoms with Crippen LogP contribution >= 0.6 is 11.3 Å². The van der Waals surface area contributed by atoms with Crippen LogP contribution in [0, 0.1) is 0 Å². The van der Waals surface area contributed by atoms with E-state index in [-0.39, 0.29) is 65.3 Å². The van der Waals surface area contributed by atoms with Crippen LogP contribution in [-0.4, -0.2) is 119 Å². The van der Waals surface area contributed by atoms with E-state index in [0.717, 1.165) is 53.8 Å². The molecule has 21 heteroatoms. The van der Waals surface area contributed by atoms with Gasteiger partial charge < -0.3 is 26.0 Å². The molecule has 1 aliphatic carbocycles. The number of nitrogens with two attached hydrogens (primary N) is 1. The second-order valence-electron chi connectivity index (χ2n) is 16.5. The molecule has 4 amide bonds. The second-order valence-corrected chi connectivity index (χ2v) is 23.4. The van der Waals surface area contributed by atoms with E-state index in [1.165, 1.54) is 46.6 Å². The fourth-order valence-electron chi connectivity index (χ4n) is 8.79. The van der Waals surface area contributed by atoms with Gasteiger partial charge >= 0.3 is 6.03 Å². The number of hydrogen-bond donors (Lipinski definition) is 3. The Bertz CT molecular complexity index is 3160. The molecule has 69 heavy (non-hydrogen) atoms. The fraction of sp³-hybridized carbons (Fsp3) is 0.271. The summed E-state index contributed by atoms with van der Waals surface area (Å²) in [6.07, 6.45) is 1.50. The molecule has 1 aromatic heterocycles. The third-order valence-corrected chi connectivity index (χ3v) is 19.5. The summed E-state index contributed by atoms with van der Waals surface area (Å²) < 4.78 is 88.5. The van der Waals surface area contributed by atoms with Gasteiger partial charge in [-0.05, 0) is 88.1 Å². The van der Waals surface area contributed by atoms with Gasteiger partial charge in [0.15, 0.2) is 0 Å². The van der Waals surface area contributed by atoms with Crippen molar-refractivity contribution in [2.24, 2.45) is 5.73 Å². The number of nitrogens with one attached hydrogen (secondary N) is 2. The molecule has 2 aliphatic heterocycles. The molecule has 2 fully saturated rings. The largest absolute Gasteiger partial charge is 0.497 e. The highest BCUT2D eigenvalue weighted by molar-refractivity contribution is 7.91. The Morgan fingerprint density at radius 3 is 2.07 bits per heavy atom. The van der Waals surface area contributed by atoms with E-state index in [2.05, 4.69) is 10.6 Å². The monoisotopic (exact) mass is 1010 g/mol. The van der Waals surface area contributed by atoms with Crippen molar-refractivity contribution in [3.05, 3.63) is 156 Å². The van der Waals surface area contributed by atoms with Crippen molar-refractivity contribution in [3.63, 3.8) is 0 Å². The molecule has 362 valence electrons. The number of methoxy groups -OCH3 is 1. The highest BCUT2D eigenvalue weighted by atomic mass is 32.2. The summed E-state index contributed by atoms with van der Waals surface area (Å²) in [5.74, 6) is -0.799. The number of sulfonamides is 3. The molecule has 2 saturated heterocycles. The van der Waals surface area contributed by atoms with Gasteiger partial charge in [-0.3, -0.25) is 9.59 Å². The Morgan fingerprint density at radius 1 is 0.681 bits per heavy atom. The van der Waals surface area contributed by atoms with Crippen molar-refractivity contribution < 1.29 is 44.4 Å². The molecule has 4 N–H and O–H groups in total. The highest BCUT2D eigenvalue weighted by Gasteiger charge is 2.45. The zero-order valence-corrected chi connectivity index (χ0v) is 40.7. The number of ether oxygens (including phenoxy) is 1. The minimum absolute atomic E-state index is 0.0213. The maximum absolute atomic E-state index is 13.6. The van der Waals surface area contributed by atoms with Gasteiger partial charge in [0.2, 0.25) is 31.9 Å². The number of carbonyl (C=O) groups is 3. The van der Waals surface area contributed by atoms with Crippen LogP contribution < -0.4 is 21.1 Å². The van der Waals surface area contributed by atoms with Crippen molar-refractivity contribution in [3.8, 4) is 5.75 Å². The SMILES string of the molecule is COc1ccc(S(=O)(=O)N2CCN(S(=O)(=O)c3cccs3)C(C(=O)NC3CCc4ccccc43)C2)cc1.NC(=O)C1CN(C(=O)NCc2cccc3ccccc23)CCN1S(=O)(=O)c1ccccc1. The third kappa shape index (κ3) is 10.5. The first-order valence-corrected chi connectivity index (χ1v) is 27.2. The summed E-state index contributed by atoms with van der Waals surface area (Å²) in [6.45, 7) is -0.181. The molecule has 17 nitrogen and oxygen atoms in total. The van der Waals surface area contributed by atoms with Gasteiger partial charge in [-0.1, -0.05) is 91.0 Å². The number of fused-ring (bicyclic) bond motifs is 2. The Morgan fingerprint density at radius 2 is 1.35 bits per heavy atom. The van der Waals surface area contributed by atoms with Crippen molar-refractivity contribution in [2.75, 3.05) is 46.4 Å². The number of amides is 4. The number of aryl methyl sites for hydroxylation is 1. The second kappa shape index (κ2) is 20.8. The summed E-state index contributed by atoms with van der Waals surface area (Å²) in [4.78, 5) is 40.1. The van der Waals surface area contributed by atoms with Crippen LogP contribution in [0.4, 0.5) is 4.79 Å². The minimum Gasteiger partial charge on any atom is -0.497 e. The number of thiophene rings is 1. The van der Waals surface area contributed by atoms with Crippen molar-refractivity contribution >= 4 is 70.0 Å². The maximum Gasteiger partial charge on any atom is 0.317 e. The molecule has 0 saturated carbocycles. The average Bonchev–Trinajstić information content (AvgIpc) is 4.08. The van der Waals surface area contributed by atoms with Gasteiger partial charge in [0.25, 0.3) is 10.0 Å². The number of hydrogen-bond acceptors (Lipinski definition) is 11. The van der Waals surface area contributed by atoms with Gasteiger partial charge in [-0.2, -0.15) is 12.9 Å². The molecule has 0 spiro atoms. The Kier molecular flexibility index (Phi) is 14.8. The quantitative estimate of drug-likeness (QED) is 0.155. The number of urea groups is 1. The van der Waals surface area contributed by atoms with Crippen LogP contribution in [0.1, 0.15) is 29.2 Å². The number of primary amides is 1. The lowest BCUT2D eigenvalue weighted by Gasteiger charge is -2.39. The van der Waals surface area contributed by atoms with Crippen LogP contribution in [0.3, 0.4) is 0 Å². The molecule has 9 rings (SSSR count).